The number of hydrogen-bond donors (Lipinski definition) is 1. The molecule has 2 aliphatic heterocycles. The molecule has 2 heterocycles. The first-order valence-electron chi connectivity index (χ1n) is 9.10. The number of carbonyl (C=O) groups excluding carboxylic acids is 1. The molecule has 3 fully saturated rings. The average molecular weight is 382 g/mol. The van der Waals surface area contributed by atoms with E-state index in [9.17, 15) is 4.79 Å². The SMILES string of the molecule is Cl.Cl.NC[C@H]1CCC[C@H]1C(=O)N1CCCCC1CN1CCOCC1. The van der Waals surface area contributed by atoms with Gasteiger partial charge in [-0.25, -0.2) is 0 Å². The number of morpholine rings is 1. The van der Waals surface area contributed by atoms with Crippen molar-refractivity contribution in [1.29, 1.82) is 0 Å². The highest BCUT2D eigenvalue weighted by Crippen LogP contribution is 2.34. The van der Waals surface area contributed by atoms with Crippen molar-refractivity contribution in [2.75, 3.05) is 45.9 Å². The summed E-state index contributed by atoms with van der Waals surface area (Å²) in [5.41, 5.74) is 5.88. The Kier molecular flexibility index (Phi) is 9.90. The average Bonchev–Trinajstić information content (AvgIpc) is 3.04. The van der Waals surface area contributed by atoms with Gasteiger partial charge < -0.3 is 15.4 Å². The Morgan fingerprint density at radius 3 is 2.46 bits per heavy atom. The smallest absolute Gasteiger partial charge is 0.226 e. The largest absolute Gasteiger partial charge is 0.379 e. The molecule has 0 bridgehead atoms. The number of halogens is 2. The molecule has 1 saturated carbocycles. The van der Waals surface area contributed by atoms with Gasteiger partial charge in [0.25, 0.3) is 0 Å². The van der Waals surface area contributed by atoms with E-state index in [1.165, 1.54) is 12.8 Å². The van der Waals surface area contributed by atoms with Crippen molar-refractivity contribution >= 4 is 30.7 Å². The van der Waals surface area contributed by atoms with Gasteiger partial charge in [-0.15, -0.1) is 24.8 Å². The van der Waals surface area contributed by atoms with Crippen molar-refractivity contribution in [3.05, 3.63) is 0 Å². The molecule has 3 aliphatic rings. The molecule has 0 spiro atoms. The summed E-state index contributed by atoms with van der Waals surface area (Å²) in [6.07, 6.45) is 6.91. The van der Waals surface area contributed by atoms with Crippen molar-refractivity contribution in [1.82, 2.24) is 9.80 Å². The minimum absolute atomic E-state index is 0. The van der Waals surface area contributed by atoms with Crippen molar-refractivity contribution in [3.8, 4) is 0 Å². The molecule has 3 atom stereocenters. The monoisotopic (exact) mass is 381 g/mol. The van der Waals surface area contributed by atoms with Crippen molar-refractivity contribution in [3.63, 3.8) is 0 Å². The maximum absolute atomic E-state index is 13.0. The van der Waals surface area contributed by atoms with E-state index in [1.807, 2.05) is 0 Å². The lowest BCUT2D eigenvalue weighted by Crippen LogP contribution is -2.53. The van der Waals surface area contributed by atoms with Gasteiger partial charge in [0.2, 0.25) is 5.91 Å². The van der Waals surface area contributed by atoms with Crippen LogP contribution in [0.1, 0.15) is 38.5 Å². The van der Waals surface area contributed by atoms with Gasteiger partial charge in [-0.1, -0.05) is 6.42 Å². The molecule has 1 aliphatic carbocycles. The molecule has 3 rings (SSSR count). The first-order valence-corrected chi connectivity index (χ1v) is 9.10. The van der Waals surface area contributed by atoms with E-state index in [0.717, 1.165) is 65.1 Å². The molecule has 0 aromatic rings. The number of nitrogens with zero attached hydrogens (tertiary/aromatic N) is 2. The quantitative estimate of drug-likeness (QED) is 0.807. The van der Waals surface area contributed by atoms with Gasteiger partial charge in [0.15, 0.2) is 0 Å². The Bertz CT molecular complexity index is 381. The highest BCUT2D eigenvalue weighted by molar-refractivity contribution is 5.85. The van der Waals surface area contributed by atoms with Crippen LogP contribution in [0.4, 0.5) is 0 Å². The van der Waals surface area contributed by atoms with Crippen LogP contribution in [0, 0.1) is 11.8 Å². The minimum Gasteiger partial charge on any atom is -0.379 e. The molecule has 7 heteroatoms. The lowest BCUT2D eigenvalue weighted by Gasteiger charge is -2.41. The van der Waals surface area contributed by atoms with Gasteiger partial charge in [0, 0.05) is 38.1 Å². The van der Waals surface area contributed by atoms with E-state index in [1.54, 1.807) is 0 Å². The second-order valence-electron chi connectivity index (χ2n) is 7.13. The van der Waals surface area contributed by atoms with E-state index >= 15 is 0 Å². The first kappa shape index (κ1) is 22.0. The minimum atomic E-state index is 0. The number of rotatable bonds is 4. The summed E-state index contributed by atoms with van der Waals surface area (Å²) in [5, 5.41) is 0. The second-order valence-corrected chi connectivity index (χ2v) is 7.13. The van der Waals surface area contributed by atoms with Crippen molar-refractivity contribution in [2.45, 2.75) is 44.6 Å². The van der Waals surface area contributed by atoms with Crippen LogP contribution in [0.5, 0.6) is 0 Å². The van der Waals surface area contributed by atoms with Gasteiger partial charge in [0.05, 0.1) is 13.2 Å². The third-order valence-corrected chi connectivity index (χ3v) is 5.76. The normalized spacial score (nSPS) is 31.2. The standard InChI is InChI=1S/C17H31N3O2.2ClH/c18-12-14-4-3-6-16(14)17(21)20-7-2-1-5-15(20)13-19-8-10-22-11-9-19;;/h14-16H,1-13,18H2;2*1H/t14-,15?,16-;;/m1../s1. The molecule has 2 N–H and O–H groups in total. The molecule has 1 unspecified atom stereocenters. The van der Waals surface area contributed by atoms with Crippen LogP contribution in [0.25, 0.3) is 0 Å². The summed E-state index contributed by atoms with van der Waals surface area (Å²) in [5.74, 6) is 1.000. The fourth-order valence-corrected chi connectivity index (χ4v) is 4.42. The van der Waals surface area contributed by atoms with Gasteiger partial charge in [-0.3, -0.25) is 9.69 Å². The number of amides is 1. The fraction of sp³-hybridized carbons (Fsp3) is 0.941. The van der Waals surface area contributed by atoms with Gasteiger partial charge in [0.1, 0.15) is 0 Å². The number of piperidine rings is 1. The summed E-state index contributed by atoms with van der Waals surface area (Å²) in [6, 6.07) is 0.401. The summed E-state index contributed by atoms with van der Waals surface area (Å²) in [4.78, 5) is 17.7. The number of hydrogen-bond acceptors (Lipinski definition) is 4. The first-order chi connectivity index (χ1) is 10.8. The zero-order chi connectivity index (χ0) is 15.4. The zero-order valence-corrected chi connectivity index (χ0v) is 16.2. The van der Waals surface area contributed by atoms with Gasteiger partial charge in [-0.2, -0.15) is 0 Å². The predicted octanol–water partition coefficient (Wildman–Crippen LogP) is 1.92. The molecule has 0 aromatic heterocycles. The van der Waals surface area contributed by atoms with E-state index in [4.69, 9.17) is 10.5 Å². The fourth-order valence-electron chi connectivity index (χ4n) is 4.42. The molecule has 24 heavy (non-hydrogen) atoms. The third kappa shape index (κ3) is 5.21. The van der Waals surface area contributed by atoms with E-state index < -0.39 is 0 Å². The van der Waals surface area contributed by atoms with Crippen LogP contribution in [0.3, 0.4) is 0 Å². The second kappa shape index (κ2) is 10.8. The zero-order valence-electron chi connectivity index (χ0n) is 14.5. The Morgan fingerprint density at radius 1 is 1.00 bits per heavy atom. The Labute approximate surface area is 158 Å². The summed E-state index contributed by atoms with van der Waals surface area (Å²) < 4.78 is 5.44. The molecule has 142 valence electrons. The van der Waals surface area contributed by atoms with E-state index in [0.29, 0.717) is 24.4 Å². The maximum atomic E-state index is 13.0. The number of nitrogens with two attached hydrogens (primary N) is 1. The van der Waals surface area contributed by atoms with Crippen molar-refractivity contribution < 1.29 is 9.53 Å². The number of carbonyl (C=O) groups is 1. The highest BCUT2D eigenvalue weighted by Gasteiger charge is 2.38. The molecule has 2 saturated heterocycles. The lowest BCUT2D eigenvalue weighted by molar-refractivity contribution is -0.141. The topological polar surface area (TPSA) is 58.8 Å². The van der Waals surface area contributed by atoms with E-state index in [-0.39, 0.29) is 30.7 Å². The molecule has 0 radical (unpaired) electrons. The number of ether oxygens (including phenoxy) is 1. The summed E-state index contributed by atoms with van der Waals surface area (Å²) >= 11 is 0. The Morgan fingerprint density at radius 2 is 1.75 bits per heavy atom. The maximum Gasteiger partial charge on any atom is 0.226 e. The highest BCUT2D eigenvalue weighted by atomic mass is 35.5. The molecule has 1 amide bonds. The molecular formula is C17H33Cl2N3O2. The summed E-state index contributed by atoms with van der Waals surface area (Å²) in [6.45, 7) is 6.31. The van der Waals surface area contributed by atoms with Gasteiger partial charge in [-0.05, 0) is 44.6 Å². The molecule has 0 aromatic carbocycles. The third-order valence-electron chi connectivity index (χ3n) is 5.76. The molecule has 5 nitrogen and oxygen atoms in total. The van der Waals surface area contributed by atoms with Crippen LogP contribution in [0.15, 0.2) is 0 Å². The van der Waals surface area contributed by atoms with Crippen LogP contribution < -0.4 is 5.73 Å². The number of likely N-dealkylation sites (tertiary alicyclic amines) is 1. The van der Waals surface area contributed by atoms with Gasteiger partial charge >= 0.3 is 0 Å². The van der Waals surface area contributed by atoms with E-state index in [2.05, 4.69) is 9.80 Å². The van der Waals surface area contributed by atoms with Crippen LogP contribution >= 0.6 is 24.8 Å². The predicted molar refractivity (Wildman–Crippen MR) is 101 cm³/mol. The van der Waals surface area contributed by atoms with Crippen LogP contribution in [-0.2, 0) is 9.53 Å². The van der Waals surface area contributed by atoms with Crippen molar-refractivity contribution in [2.24, 2.45) is 17.6 Å². The lowest BCUT2D eigenvalue weighted by atomic mass is 9.92. The molecular weight excluding hydrogens is 349 g/mol. The Balaban J connectivity index is 0.00000144. The van der Waals surface area contributed by atoms with Crippen LogP contribution in [-0.4, -0.2) is 67.7 Å². The Hall–Kier alpha value is -0.0700. The summed E-state index contributed by atoms with van der Waals surface area (Å²) in [7, 11) is 0. The van der Waals surface area contributed by atoms with Crippen LogP contribution in [0.2, 0.25) is 0 Å².